The first-order chi connectivity index (χ1) is 72.5. The number of alkyl halides is 2. The number of halogens is 3. The van der Waals surface area contributed by atoms with Crippen LogP contribution in [0.1, 0.15) is 129 Å². The summed E-state index contributed by atoms with van der Waals surface area (Å²) in [5.74, 6) is 0.616. The molecule has 23 heterocycles. The SMILES string of the molecule is COC(=O)c1ccc(-c2cn(Cc3cccnn3)c3cc(-c4c(C)noc4C)cnc23)cc1.Cc1noc(C)c1-c1cnc2c(-c3cnn(C)c3)cn([C@@H](C)c3ccccn3)c2c1.Cc1noc(C)c1-c1cnc2c(-c3cnn(C)c3)cn([C@H](C)c3ccccn3)c2c1.Cc1noc(C)c1-c1cnc2c(-c3cnn(CC(C)(F)F)c3)cn(Cc3cccnn3)c2c1.Cc1noc(C)c1-c1cnc2c(I)cn(Cc3cccnn3)c2c1. The first kappa shape index (κ1) is 99.3. The van der Waals surface area contributed by atoms with Gasteiger partial charge in [0.25, 0.3) is 5.92 Å². The summed E-state index contributed by atoms with van der Waals surface area (Å²) in [6, 6.07) is 41.4. The first-order valence-electron chi connectivity index (χ1n) is 48.0. The Morgan fingerprint density at radius 2 is 0.700 bits per heavy atom. The third kappa shape index (κ3) is 20.6. The number of benzene rings is 1. The molecular weight excluding hydrogens is 2020 g/mol. The van der Waals surface area contributed by atoms with E-state index in [9.17, 15) is 13.6 Å². The Bertz CT molecular complexity index is 8690. The molecule has 36 nitrogen and oxygen atoms in total. The number of hydrogen-bond donors (Lipinski definition) is 0. The third-order valence-electron chi connectivity index (χ3n) is 26.0. The molecule has 24 rings (SSSR count). The lowest BCUT2D eigenvalue weighted by atomic mass is 10.0. The van der Waals surface area contributed by atoms with E-state index in [0.29, 0.717) is 36.5 Å². The van der Waals surface area contributed by atoms with Gasteiger partial charge in [-0.05, 0) is 214 Å². The standard InChI is InChI=1S/C25H21N5O3.C23H21F2N7O.2C23H22N6O.C17H14IN5O/c1-15-23(16(2)33-29-15)19-11-22-24(26-12-19)21(14-30(22)13-20-5-4-10-27-28-20)17-6-8-18(9-7-17)25(31)32-3;1-14-21(15(2)33-30-14)16-7-20-22(26-8-16)19(12-31(20)11-18-5-4-6-27-29-18)17-9-28-32(10-17)13-23(3,24)25;2*1-14-22(16(3)30-27-14)17-9-21-23(25-10-17)19(18-11-26-28(4)12-18)13-29(21)15(2)20-7-5-6-8-24-20;1-10-16(11(2)24-22-10)12-6-15-17(19-7-12)14(18)9-23(15)8-13-4-3-5-20-21-13/h4-12,14H,13H2,1-3H3;4-10,12H,11,13H2,1-3H3;2*5-13,15H,1-4H3;3-7,9H,8H2,1-2H3/t;;2*15-;/m..10./s1. The lowest BCUT2D eigenvalue weighted by molar-refractivity contribution is 0.000573. The van der Waals surface area contributed by atoms with Gasteiger partial charge in [-0.1, -0.05) is 50.0 Å². The van der Waals surface area contributed by atoms with Crippen molar-refractivity contribution in [2.45, 2.75) is 134 Å². The Balaban J connectivity index is 0.000000114. The molecule has 2 atom stereocenters. The molecule has 0 radical (unpaired) electrons. The summed E-state index contributed by atoms with van der Waals surface area (Å²) in [6.45, 7) is 25.5. The number of hydrogen-bond acceptors (Lipinski definition) is 28. The van der Waals surface area contributed by atoms with Gasteiger partial charge in [-0.15, -0.1) is 0 Å². The second kappa shape index (κ2) is 42.2. The van der Waals surface area contributed by atoms with Crippen LogP contribution in [0.2, 0.25) is 0 Å². The van der Waals surface area contributed by atoms with Crippen molar-refractivity contribution >= 4 is 83.7 Å². The summed E-state index contributed by atoms with van der Waals surface area (Å²) >= 11 is 2.31. The second-order valence-corrected chi connectivity index (χ2v) is 37.8. The zero-order chi connectivity index (χ0) is 104. The average molecular weight is 2120 g/mol. The molecule has 0 unspecified atom stereocenters. The number of aromatic nitrogens is 29. The Kier molecular flexibility index (Phi) is 27.9. The van der Waals surface area contributed by atoms with Gasteiger partial charge in [0, 0.05) is 227 Å². The van der Waals surface area contributed by atoms with E-state index in [0.717, 1.165) is 240 Å². The fourth-order valence-electron chi connectivity index (χ4n) is 19.0. The molecule has 39 heteroatoms. The van der Waals surface area contributed by atoms with Gasteiger partial charge in [0.05, 0.1) is 173 Å². The molecule has 0 bridgehead atoms. The highest BCUT2D eigenvalue weighted by molar-refractivity contribution is 14.1. The summed E-state index contributed by atoms with van der Waals surface area (Å²) < 4.78 is 75.2. The largest absolute Gasteiger partial charge is 0.465 e. The van der Waals surface area contributed by atoms with Crippen LogP contribution >= 0.6 is 22.6 Å². The molecule has 0 spiro atoms. The summed E-state index contributed by atoms with van der Waals surface area (Å²) in [6.07, 6.45) is 39.2. The van der Waals surface area contributed by atoms with E-state index >= 15 is 0 Å². The average Bonchev–Trinajstić information content (AvgIpc) is 1.61. The minimum absolute atomic E-state index is 0.0424. The van der Waals surface area contributed by atoms with Gasteiger partial charge in [-0.3, -0.25) is 48.9 Å². The molecule has 0 saturated carbocycles. The fourth-order valence-corrected chi connectivity index (χ4v) is 19.7. The summed E-state index contributed by atoms with van der Waals surface area (Å²) in [4.78, 5) is 44.9. The van der Waals surface area contributed by atoms with Crippen molar-refractivity contribution in [1.29, 1.82) is 0 Å². The predicted octanol–water partition coefficient (Wildman–Crippen LogP) is 22.4. The van der Waals surface area contributed by atoms with Gasteiger partial charge in [-0.25, -0.2) is 13.6 Å². The number of carbonyl (C=O) groups excluding carboxylic acids is 1. The third-order valence-corrected chi connectivity index (χ3v) is 26.8. The molecule has 0 amide bonds. The molecule has 0 fully saturated rings. The van der Waals surface area contributed by atoms with Crippen molar-refractivity contribution < 1.29 is 40.9 Å². The van der Waals surface area contributed by atoms with Crippen LogP contribution in [-0.4, -0.2) is 162 Å². The Morgan fingerprint density at radius 3 is 1.03 bits per heavy atom. The number of carbonyl (C=O) groups is 1. The molecule has 0 N–H and O–H groups in total. The van der Waals surface area contributed by atoms with Gasteiger partial charge >= 0.3 is 5.97 Å². The molecule has 752 valence electrons. The molecule has 23 aromatic heterocycles. The maximum Gasteiger partial charge on any atom is 0.337 e. The van der Waals surface area contributed by atoms with E-state index in [1.165, 1.54) is 11.8 Å². The van der Waals surface area contributed by atoms with Crippen LogP contribution in [0.4, 0.5) is 8.78 Å². The first-order valence-corrected chi connectivity index (χ1v) is 49.1. The quantitative estimate of drug-likeness (QED) is 0.0449. The molecule has 0 saturated heterocycles. The minimum Gasteiger partial charge on any atom is -0.465 e. The Hall–Kier alpha value is -18.1. The molecule has 0 aliphatic heterocycles. The Labute approximate surface area is 870 Å². The van der Waals surface area contributed by atoms with Crippen LogP contribution in [-0.2, 0) is 45.0 Å². The monoisotopic (exact) mass is 2120 g/mol. The number of fused-ring (bicyclic) bond motifs is 5. The van der Waals surface area contributed by atoms with Crippen LogP contribution in [0.3, 0.4) is 0 Å². The molecule has 150 heavy (non-hydrogen) atoms. The minimum atomic E-state index is -2.86. The van der Waals surface area contributed by atoms with Crippen molar-refractivity contribution in [2.75, 3.05) is 7.11 Å². The fraction of sp³-hybridized carbons (Fsp3) is 0.207. The van der Waals surface area contributed by atoms with E-state index in [1.54, 1.807) is 58.7 Å². The Morgan fingerprint density at radius 1 is 0.367 bits per heavy atom. The van der Waals surface area contributed by atoms with Crippen molar-refractivity contribution in [3.63, 3.8) is 0 Å². The number of pyridine rings is 7. The summed E-state index contributed by atoms with van der Waals surface area (Å²) in [7, 11) is 5.21. The van der Waals surface area contributed by atoms with Crippen LogP contribution in [0, 0.1) is 72.8 Å². The summed E-state index contributed by atoms with van der Waals surface area (Å²) in [5, 5.41) is 57.7. The molecular formula is C111H100F2IN29O7. The molecule has 0 aliphatic carbocycles. The number of rotatable bonds is 22. The zero-order valence-electron chi connectivity index (χ0n) is 84.7. The van der Waals surface area contributed by atoms with Crippen molar-refractivity contribution in [3.8, 4) is 100 Å². The molecule has 1 aromatic carbocycles. The van der Waals surface area contributed by atoms with Crippen LogP contribution in [0.5, 0.6) is 0 Å². The van der Waals surface area contributed by atoms with Crippen LogP contribution in [0.25, 0.3) is 155 Å². The summed E-state index contributed by atoms with van der Waals surface area (Å²) in [5.41, 5.74) is 35.8. The van der Waals surface area contributed by atoms with Crippen LogP contribution < -0.4 is 0 Å². The van der Waals surface area contributed by atoms with Gasteiger partial charge in [0.1, 0.15) is 40.9 Å². The number of aryl methyl sites for hydroxylation is 12. The maximum atomic E-state index is 13.5. The normalized spacial score (nSPS) is 11.9. The zero-order valence-corrected chi connectivity index (χ0v) is 86.9. The van der Waals surface area contributed by atoms with Gasteiger partial charge in [0.15, 0.2) is 0 Å². The van der Waals surface area contributed by atoms with Crippen LogP contribution in [0.15, 0.2) is 280 Å². The van der Waals surface area contributed by atoms with E-state index in [-0.39, 0.29) is 18.1 Å². The number of ether oxygens (including phenoxy) is 1. The van der Waals surface area contributed by atoms with E-state index in [1.807, 2.05) is 247 Å². The number of methoxy groups -OCH3 is 1. The smallest absolute Gasteiger partial charge is 0.337 e. The van der Waals surface area contributed by atoms with E-state index in [2.05, 4.69) is 190 Å². The van der Waals surface area contributed by atoms with Crippen molar-refractivity contribution in [1.82, 2.24) is 143 Å². The van der Waals surface area contributed by atoms with E-state index < -0.39 is 12.5 Å². The molecule has 24 aromatic rings. The van der Waals surface area contributed by atoms with Crippen molar-refractivity contribution in [3.05, 3.63) is 352 Å². The number of nitrogens with zero attached hydrogens (tertiary/aromatic N) is 29. The van der Waals surface area contributed by atoms with Gasteiger partial charge < -0.3 is 50.2 Å². The second-order valence-electron chi connectivity index (χ2n) is 36.7. The van der Waals surface area contributed by atoms with Gasteiger partial charge in [-0.2, -0.15) is 45.9 Å². The topological polar surface area (TPSA) is 402 Å². The number of esters is 1. The predicted molar refractivity (Wildman–Crippen MR) is 569 cm³/mol. The van der Waals surface area contributed by atoms with Gasteiger partial charge in [0.2, 0.25) is 0 Å². The molecule has 0 aliphatic rings. The van der Waals surface area contributed by atoms with E-state index in [4.69, 9.17) is 47.3 Å². The highest BCUT2D eigenvalue weighted by Crippen LogP contribution is 2.43. The van der Waals surface area contributed by atoms with Crippen molar-refractivity contribution in [2.24, 2.45) is 14.1 Å². The highest BCUT2D eigenvalue weighted by Gasteiger charge is 2.29. The lowest BCUT2D eigenvalue weighted by Crippen LogP contribution is -2.19. The highest BCUT2D eigenvalue weighted by atomic mass is 127. The lowest BCUT2D eigenvalue weighted by Gasteiger charge is -2.15. The maximum absolute atomic E-state index is 13.5.